The minimum Gasteiger partial charge on any atom is -0.478 e. The first-order valence-corrected chi connectivity index (χ1v) is 7.32. The molecule has 0 aliphatic rings. The first-order valence-electron chi connectivity index (χ1n) is 5.84. The molecule has 0 fully saturated rings. The van der Waals surface area contributed by atoms with Gasteiger partial charge in [-0.15, -0.1) is 10.2 Å². The third-order valence-electron chi connectivity index (χ3n) is 2.83. The normalized spacial score (nSPS) is 11.5. The van der Waals surface area contributed by atoms with Crippen LogP contribution in [0, 0.1) is 6.92 Å². The second-order valence-electron chi connectivity index (χ2n) is 4.29. The van der Waals surface area contributed by atoms with Crippen molar-refractivity contribution in [3.8, 4) is 0 Å². The maximum Gasteiger partial charge on any atom is 0.337 e. The number of nitrogens with one attached hydrogen (secondary N) is 1. The molecule has 0 radical (unpaired) electrons. The Kier molecular flexibility index (Phi) is 4.00. The van der Waals surface area contributed by atoms with Gasteiger partial charge in [0.25, 0.3) is 0 Å². The van der Waals surface area contributed by atoms with Gasteiger partial charge in [0, 0.05) is 13.2 Å². The van der Waals surface area contributed by atoms with E-state index in [0.717, 1.165) is 12.3 Å². The predicted molar refractivity (Wildman–Crippen MR) is 71.0 cm³/mol. The van der Waals surface area contributed by atoms with E-state index in [2.05, 4.69) is 19.9 Å². The van der Waals surface area contributed by atoms with Crippen LogP contribution in [0.5, 0.6) is 0 Å². The van der Waals surface area contributed by atoms with E-state index in [1.165, 1.54) is 13.3 Å². The lowest BCUT2D eigenvalue weighted by atomic mass is 10.2. The number of carbonyl (C=O) groups is 1. The Morgan fingerprint density at radius 2 is 2.19 bits per heavy atom. The molecule has 2 heterocycles. The first-order chi connectivity index (χ1) is 9.81. The van der Waals surface area contributed by atoms with E-state index in [4.69, 9.17) is 5.11 Å². The number of pyridine rings is 1. The summed E-state index contributed by atoms with van der Waals surface area (Å²) in [6.07, 6.45) is 2.56. The Morgan fingerprint density at radius 1 is 1.48 bits per heavy atom. The average molecular weight is 311 g/mol. The minimum atomic E-state index is -3.88. The van der Waals surface area contributed by atoms with Crippen molar-refractivity contribution in [2.45, 2.75) is 18.4 Å². The number of aromatic nitrogens is 4. The molecule has 0 aliphatic carbocycles. The average Bonchev–Trinajstić information content (AvgIpc) is 2.82. The van der Waals surface area contributed by atoms with E-state index >= 15 is 0 Å². The van der Waals surface area contributed by atoms with Gasteiger partial charge in [-0.05, 0) is 13.0 Å². The van der Waals surface area contributed by atoms with E-state index in [0.29, 0.717) is 5.82 Å². The molecule has 0 spiro atoms. The molecule has 9 nitrogen and oxygen atoms in total. The van der Waals surface area contributed by atoms with Crippen molar-refractivity contribution in [3.63, 3.8) is 0 Å². The van der Waals surface area contributed by atoms with E-state index in [1.54, 1.807) is 11.6 Å². The Hall–Kier alpha value is -2.33. The van der Waals surface area contributed by atoms with Crippen molar-refractivity contribution in [2.24, 2.45) is 7.05 Å². The Bertz CT molecular complexity index is 784. The second kappa shape index (κ2) is 5.58. The molecule has 21 heavy (non-hydrogen) atoms. The van der Waals surface area contributed by atoms with Gasteiger partial charge in [-0.25, -0.2) is 17.9 Å². The van der Waals surface area contributed by atoms with Crippen LogP contribution < -0.4 is 4.72 Å². The zero-order valence-electron chi connectivity index (χ0n) is 11.3. The number of aryl methyl sites for hydroxylation is 2. The molecular formula is C11H13N5O4S. The maximum absolute atomic E-state index is 12.1. The smallest absolute Gasteiger partial charge is 0.337 e. The molecule has 10 heteroatoms. The first kappa shape index (κ1) is 15.1. The fraction of sp³-hybridized carbons (Fsp3) is 0.273. The van der Waals surface area contributed by atoms with Gasteiger partial charge in [0.05, 0.1) is 17.8 Å². The molecule has 0 saturated carbocycles. The molecule has 2 aromatic heterocycles. The van der Waals surface area contributed by atoms with Crippen molar-refractivity contribution < 1.29 is 18.3 Å². The van der Waals surface area contributed by atoms with E-state index in [9.17, 15) is 13.2 Å². The summed E-state index contributed by atoms with van der Waals surface area (Å²) in [5.41, 5.74) is 0.0892. The fourth-order valence-corrected chi connectivity index (χ4v) is 2.54. The van der Waals surface area contributed by atoms with Crippen LogP contribution in [0.1, 0.15) is 21.9 Å². The summed E-state index contributed by atoms with van der Waals surface area (Å²) in [6, 6.07) is 1.07. The van der Waals surface area contributed by atoms with Gasteiger partial charge < -0.3 is 9.67 Å². The quantitative estimate of drug-likeness (QED) is 0.775. The van der Waals surface area contributed by atoms with Gasteiger partial charge in [-0.1, -0.05) is 0 Å². The molecule has 0 unspecified atom stereocenters. The number of carboxylic acids is 1. The van der Waals surface area contributed by atoms with Crippen LogP contribution in [0.3, 0.4) is 0 Å². The molecule has 2 N–H and O–H groups in total. The molecule has 0 aromatic carbocycles. The molecule has 0 atom stereocenters. The van der Waals surface area contributed by atoms with Crippen LogP contribution in [0.2, 0.25) is 0 Å². The maximum atomic E-state index is 12.1. The summed E-state index contributed by atoms with van der Waals surface area (Å²) in [6.45, 7) is 1.43. The topological polar surface area (TPSA) is 127 Å². The third kappa shape index (κ3) is 3.23. The van der Waals surface area contributed by atoms with Gasteiger partial charge in [-0.3, -0.25) is 4.98 Å². The van der Waals surface area contributed by atoms with E-state index in [-0.39, 0.29) is 22.7 Å². The molecule has 2 rings (SSSR count). The predicted octanol–water partition coefficient (Wildman–Crippen LogP) is -0.305. The largest absolute Gasteiger partial charge is 0.478 e. The van der Waals surface area contributed by atoms with Gasteiger partial charge in [0.2, 0.25) is 10.0 Å². The van der Waals surface area contributed by atoms with Crippen LogP contribution >= 0.6 is 0 Å². The van der Waals surface area contributed by atoms with Gasteiger partial charge in [-0.2, -0.15) is 0 Å². The summed E-state index contributed by atoms with van der Waals surface area (Å²) >= 11 is 0. The van der Waals surface area contributed by atoms with Gasteiger partial charge in [0.1, 0.15) is 17.0 Å². The number of nitrogens with zero attached hydrogens (tertiary/aromatic N) is 4. The highest BCUT2D eigenvalue weighted by Crippen LogP contribution is 2.13. The number of carboxylic acid groups (broad SMARTS) is 1. The summed E-state index contributed by atoms with van der Waals surface area (Å²) in [5, 5.41) is 16.4. The monoisotopic (exact) mass is 311 g/mol. The Morgan fingerprint density at radius 3 is 2.76 bits per heavy atom. The molecule has 0 bridgehead atoms. The zero-order chi connectivity index (χ0) is 15.6. The summed E-state index contributed by atoms with van der Waals surface area (Å²) in [7, 11) is -2.20. The van der Waals surface area contributed by atoms with Crippen molar-refractivity contribution in [1.29, 1.82) is 0 Å². The fourth-order valence-electron chi connectivity index (χ4n) is 1.59. The lowest BCUT2D eigenvalue weighted by molar-refractivity contribution is 0.0695. The number of hydrogen-bond donors (Lipinski definition) is 2. The summed E-state index contributed by atoms with van der Waals surface area (Å²) in [5.74, 6) is -0.803. The van der Waals surface area contributed by atoms with Crippen LogP contribution in [0.15, 0.2) is 23.5 Å². The zero-order valence-corrected chi connectivity index (χ0v) is 12.1. The number of aromatic carboxylic acids is 1. The van der Waals surface area contributed by atoms with E-state index < -0.39 is 16.0 Å². The van der Waals surface area contributed by atoms with Crippen molar-refractivity contribution in [2.75, 3.05) is 0 Å². The third-order valence-corrected chi connectivity index (χ3v) is 4.20. The van der Waals surface area contributed by atoms with Crippen molar-refractivity contribution >= 4 is 16.0 Å². The number of hydrogen-bond acceptors (Lipinski definition) is 6. The van der Waals surface area contributed by atoms with Gasteiger partial charge >= 0.3 is 5.97 Å². The molecule has 0 amide bonds. The molecular weight excluding hydrogens is 298 g/mol. The standard InChI is InChI=1S/C11H13N5O4S/c1-7-9(11(17)18)3-8(4-12-7)21(19,20)14-5-10-15-13-6-16(10)2/h3-4,6,14H,5H2,1-2H3,(H,17,18). The van der Waals surface area contributed by atoms with Crippen LogP contribution in [-0.2, 0) is 23.6 Å². The molecule has 2 aromatic rings. The number of rotatable bonds is 5. The Balaban J connectivity index is 2.26. The lowest BCUT2D eigenvalue weighted by Crippen LogP contribution is -2.25. The number of sulfonamides is 1. The highest BCUT2D eigenvalue weighted by atomic mass is 32.2. The van der Waals surface area contributed by atoms with Crippen LogP contribution in [0.25, 0.3) is 0 Å². The minimum absolute atomic E-state index is 0.0604. The summed E-state index contributed by atoms with van der Waals surface area (Å²) in [4.78, 5) is 14.6. The van der Waals surface area contributed by atoms with Gasteiger partial charge in [0.15, 0.2) is 0 Å². The highest BCUT2D eigenvalue weighted by molar-refractivity contribution is 7.89. The molecule has 0 aliphatic heterocycles. The highest BCUT2D eigenvalue weighted by Gasteiger charge is 2.19. The van der Waals surface area contributed by atoms with Crippen LogP contribution in [-0.4, -0.2) is 39.2 Å². The molecule has 0 saturated heterocycles. The second-order valence-corrected chi connectivity index (χ2v) is 6.06. The van der Waals surface area contributed by atoms with Crippen molar-refractivity contribution in [3.05, 3.63) is 35.7 Å². The Labute approximate surface area is 120 Å². The summed E-state index contributed by atoms with van der Waals surface area (Å²) < 4.78 is 28.1. The SMILES string of the molecule is Cc1ncc(S(=O)(=O)NCc2nncn2C)cc1C(=O)O. The lowest BCUT2D eigenvalue weighted by Gasteiger charge is -2.08. The van der Waals surface area contributed by atoms with E-state index in [1.807, 2.05) is 0 Å². The van der Waals surface area contributed by atoms with Crippen LogP contribution in [0.4, 0.5) is 0 Å². The van der Waals surface area contributed by atoms with Crippen molar-refractivity contribution in [1.82, 2.24) is 24.5 Å². The molecule has 112 valence electrons.